The molecule has 5 heteroatoms. The molecular formula is C12H8Cl3NO. The van der Waals surface area contributed by atoms with Gasteiger partial charge in [-0.05, 0) is 18.2 Å². The quantitative estimate of drug-likeness (QED) is 0.746. The number of rotatable bonds is 2. The van der Waals surface area contributed by atoms with E-state index in [9.17, 15) is 0 Å². The lowest BCUT2D eigenvalue weighted by molar-refractivity contribution is 0.398. The van der Waals surface area contributed by atoms with Gasteiger partial charge in [0.25, 0.3) is 0 Å². The molecule has 0 aliphatic rings. The highest BCUT2D eigenvalue weighted by atomic mass is 35.5. The molecule has 0 N–H and O–H groups in total. The van der Waals surface area contributed by atoms with Crippen molar-refractivity contribution in [1.29, 1.82) is 0 Å². The largest absolute Gasteiger partial charge is 0.481 e. The number of benzene rings is 1. The standard InChI is InChI=1S/C12H8Cl3NO/c1-17-10-4-2-3-9(16-10)7-5-6-8(13)12(15)11(7)14/h2-6H,1H3. The molecule has 0 atom stereocenters. The van der Waals surface area contributed by atoms with E-state index in [4.69, 9.17) is 39.5 Å². The summed E-state index contributed by atoms with van der Waals surface area (Å²) < 4.78 is 5.06. The fourth-order valence-corrected chi connectivity index (χ4v) is 2.03. The smallest absolute Gasteiger partial charge is 0.213 e. The number of hydrogen-bond donors (Lipinski definition) is 0. The molecule has 0 aliphatic heterocycles. The fourth-order valence-electron chi connectivity index (χ4n) is 1.40. The lowest BCUT2D eigenvalue weighted by atomic mass is 10.1. The summed E-state index contributed by atoms with van der Waals surface area (Å²) in [5.74, 6) is 0.518. The first-order chi connectivity index (χ1) is 8.13. The Morgan fingerprint density at radius 2 is 1.76 bits per heavy atom. The van der Waals surface area contributed by atoms with Crippen molar-refractivity contribution in [3.05, 3.63) is 45.4 Å². The third kappa shape index (κ3) is 2.49. The van der Waals surface area contributed by atoms with Crippen LogP contribution in [-0.4, -0.2) is 12.1 Å². The Morgan fingerprint density at radius 3 is 2.47 bits per heavy atom. The first-order valence-electron chi connectivity index (χ1n) is 4.78. The Kier molecular flexibility index (Phi) is 3.77. The van der Waals surface area contributed by atoms with Crippen molar-refractivity contribution < 1.29 is 4.74 Å². The molecule has 0 aliphatic carbocycles. The van der Waals surface area contributed by atoms with Crippen LogP contribution in [0.5, 0.6) is 5.88 Å². The Balaban J connectivity index is 2.56. The summed E-state index contributed by atoms with van der Waals surface area (Å²) in [5, 5.41) is 1.14. The van der Waals surface area contributed by atoms with Crippen molar-refractivity contribution in [3.8, 4) is 17.1 Å². The number of nitrogens with zero attached hydrogens (tertiary/aromatic N) is 1. The van der Waals surface area contributed by atoms with Crippen molar-refractivity contribution >= 4 is 34.8 Å². The number of methoxy groups -OCH3 is 1. The maximum atomic E-state index is 6.13. The maximum absolute atomic E-state index is 6.13. The fraction of sp³-hybridized carbons (Fsp3) is 0.0833. The molecule has 0 saturated carbocycles. The highest BCUT2D eigenvalue weighted by Crippen LogP contribution is 2.37. The zero-order valence-corrected chi connectivity index (χ0v) is 11.1. The summed E-state index contributed by atoms with van der Waals surface area (Å²) in [4.78, 5) is 4.28. The number of ether oxygens (including phenoxy) is 1. The third-order valence-corrected chi connectivity index (χ3v) is 3.54. The molecule has 1 aromatic carbocycles. The molecule has 0 spiro atoms. The minimum absolute atomic E-state index is 0.329. The molecule has 2 rings (SSSR count). The van der Waals surface area contributed by atoms with Gasteiger partial charge in [0.2, 0.25) is 5.88 Å². The average molecular weight is 289 g/mol. The van der Waals surface area contributed by atoms with E-state index in [0.717, 1.165) is 5.56 Å². The van der Waals surface area contributed by atoms with Gasteiger partial charge >= 0.3 is 0 Å². The van der Waals surface area contributed by atoms with E-state index < -0.39 is 0 Å². The van der Waals surface area contributed by atoms with Crippen molar-refractivity contribution in [2.45, 2.75) is 0 Å². The molecule has 1 aromatic heterocycles. The van der Waals surface area contributed by atoms with Gasteiger partial charge in [0.15, 0.2) is 0 Å². The van der Waals surface area contributed by atoms with Crippen LogP contribution in [0.1, 0.15) is 0 Å². The van der Waals surface area contributed by atoms with E-state index in [1.54, 1.807) is 25.3 Å². The summed E-state index contributed by atoms with van der Waals surface area (Å²) in [6.07, 6.45) is 0. The Bertz CT molecular complexity index is 557. The molecule has 0 unspecified atom stereocenters. The number of hydrogen-bond acceptors (Lipinski definition) is 2. The SMILES string of the molecule is COc1cccc(-c2ccc(Cl)c(Cl)c2Cl)n1. The van der Waals surface area contributed by atoms with Gasteiger partial charge in [0.1, 0.15) is 0 Å². The topological polar surface area (TPSA) is 22.1 Å². The summed E-state index contributed by atoms with van der Waals surface area (Å²) >= 11 is 18.0. The Morgan fingerprint density at radius 1 is 1.00 bits per heavy atom. The first-order valence-corrected chi connectivity index (χ1v) is 5.92. The second-order valence-corrected chi connectivity index (χ2v) is 4.45. The van der Waals surface area contributed by atoms with Gasteiger partial charge in [-0.1, -0.05) is 40.9 Å². The van der Waals surface area contributed by atoms with E-state index >= 15 is 0 Å². The maximum Gasteiger partial charge on any atom is 0.213 e. The van der Waals surface area contributed by atoms with Gasteiger partial charge in [-0.25, -0.2) is 4.98 Å². The zero-order chi connectivity index (χ0) is 12.4. The highest BCUT2D eigenvalue weighted by Gasteiger charge is 2.11. The number of halogens is 3. The first kappa shape index (κ1) is 12.5. The molecule has 88 valence electrons. The highest BCUT2D eigenvalue weighted by molar-refractivity contribution is 6.49. The lowest BCUT2D eigenvalue weighted by Gasteiger charge is -2.07. The summed E-state index contributed by atoms with van der Waals surface area (Å²) in [6, 6.07) is 8.88. The van der Waals surface area contributed by atoms with Crippen LogP contribution in [-0.2, 0) is 0 Å². The minimum Gasteiger partial charge on any atom is -0.481 e. The molecule has 0 bridgehead atoms. The van der Waals surface area contributed by atoms with Gasteiger partial charge in [-0.3, -0.25) is 0 Å². The van der Waals surface area contributed by atoms with Crippen molar-refractivity contribution in [2.75, 3.05) is 7.11 Å². The van der Waals surface area contributed by atoms with Crippen LogP contribution in [0.4, 0.5) is 0 Å². The van der Waals surface area contributed by atoms with Crippen molar-refractivity contribution in [2.24, 2.45) is 0 Å². The predicted molar refractivity (Wildman–Crippen MR) is 71.3 cm³/mol. The monoisotopic (exact) mass is 287 g/mol. The molecular weight excluding hydrogens is 280 g/mol. The van der Waals surface area contributed by atoms with E-state index in [0.29, 0.717) is 26.6 Å². The van der Waals surface area contributed by atoms with Crippen LogP contribution in [0.3, 0.4) is 0 Å². The summed E-state index contributed by atoms with van der Waals surface area (Å²) in [5.41, 5.74) is 1.41. The van der Waals surface area contributed by atoms with Gasteiger partial charge in [0, 0.05) is 11.6 Å². The third-order valence-electron chi connectivity index (χ3n) is 2.24. The van der Waals surface area contributed by atoms with Crippen molar-refractivity contribution in [3.63, 3.8) is 0 Å². The van der Waals surface area contributed by atoms with E-state index in [1.807, 2.05) is 12.1 Å². The van der Waals surface area contributed by atoms with E-state index in [1.165, 1.54) is 0 Å². The molecule has 0 radical (unpaired) electrons. The van der Waals surface area contributed by atoms with Gasteiger partial charge in [-0.15, -0.1) is 0 Å². The summed E-state index contributed by atoms with van der Waals surface area (Å²) in [7, 11) is 1.56. The van der Waals surface area contributed by atoms with Crippen LogP contribution in [0.2, 0.25) is 15.1 Å². The Hall–Kier alpha value is -0.960. The number of aromatic nitrogens is 1. The van der Waals surface area contributed by atoms with E-state index in [2.05, 4.69) is 4.98 Å². The molecule has 2 nitrogen and oxygen atoms in total. The second kappa shape index (κ2) is 5.13. The predicted octanol–water partition coefficient (Wildman–Crippen LogP) is 4.72. The molecule has 0 amide bonds. The van der Waals surface area contributed by atoms with Gasteiger partial charge in [0.05, 0.1) is 27.9 Å². The molecule has 17 heavy (non-hydrogen) atoms. The van der Waals surface area contributed by atoms with Crippen molar-refractivity contribution in [1.82, 2.24) is 4.98 Å². The molecule has 0 saturated heterocycles. The zero-order valence-electron chi connectivity index (χ0n) is 8.88. The normalized spacial score (nSPS) is 10.4. The van der Waals surface area contributed by atoms with Crippen LogP contribution in [0.25, 0.3) is 11.3 Å². The lowest BCUT2D eigenvalue weighted by Crippen LogP contribution is -1.90. The van der Waals surface area contributed by atoms with Crippen LogP contribution in [0.15, 0.2) is 30.3 Å². The Labute approximate surface area is 114 Å². The van der Waals surface area contributed by atoms with Crippen LogP contribution in [0, 0.1) is 0 Å². The van der Waals surface area contributed by atoms with Crippen LogP contribution < -0.4 is 4.74 Å². The minimum atomic E-state index is 0.329. The molecule has 0 fully saturated rings. The molecule has 2 aromatic rings. The summed E-state index contributed by atoms with van der Waals surface area (Å²) in [6.45, 7) is 0. The van der Waals surface area contributed by atoms with Crippen LogP contribution >= 0.6 is 34.8 Å². The van der Waals surface area contributed by atoms with E-state index in [-0.39, 0.29) is 0 Å². The van der Waals surface area contributed by atoms with Gasteiger partial charge in [-0.2, -0.15) is 0 Å². The molecule has 1 heterocycles. The number of pyridine rings is 1. The van der Waals surface area contributed by atoms with Gasteiger partial charge < -0.3 is 4.74 Å². The second-order valence-electron chi connectivity index (χ2n) is 3.29. The average Bonchev–Trinajstić information content (AvgIpc) is 2.36.